The van der Waals surface area contributed by atoms with Gasteiger partial charge >= 0.3 is 5.97 Å². The Morgan fingerprint density at radius 1 is 1.22 bits per heavy atom. The van der Waals surface area contributed by atoms with Crippen LogP contribution in [-0.2, 0) is 0 Å². The van der Waals surface area contributed by atoms with Gasteiger partial charge in [-0.1, -0.05) is 23.2 Å². The molecular formula is C15H10Cl2N4O2. The Labute approximate surface area is 141 Å². The molecule has 2 aromatic heterocycles. The summed E-state index contributed by atoms with van der Waals surface area (Å²) in [6.07, 6.45) is 1.70. The zero-order chi connectivity index (χ0) is 16.6. The summed E-state index contributed by atoms with van der Waals surface area (Å²) in [6.45, 7) is 1.89. The molecular weight excluding hydrogens is 339 g/mol. The van der Waals surface area contributed by atoms with Crippen LogP contribution in [0, 0.1) is 6.92 Å². The van der Waals surface area contributed by atoms with Crippen LogP contribution < -0.4 is 0 Å². The van der Waals surface area contributed by atoms with Crippen molar-refractivity contribution in [3.8, 4) is 0 Å². The predicted octanol–water partition coefficient (Wildman–Crippen LogP) is 5.06. The number of imidazole rings is 1. The highest BCUT2D eigenvalue weighted by Gasteiger charge is 2.18. The van der Waals surface area contributed by atoms with Gasteiger partial charge in [0.25, 0.3) is 0 Å². The maximum absolute atomic E-state index is 11.4. The van der Waals surface area contributed by atoms with Crippen LogP contribution >= 0.6 is 23.2 Å². The summed E-state index contributed by atoms with van der Waals surface area (Å²) in [4.78, 5) is 15.5. The third kappa shape index (κ3) is 3.04. The van der Waals surface area contributed by atoms with Crippen molar-refractivity contribution in [3.63, 3.8) is 0 Å². The lowest BCUT2D eigenvalue weighted by atomic mass is 10.3. The van der Waals surface area contributed by atoms with E-state index in [0.29, 0.717) is 21.4 Å². The number of benzene rings is 1. The lowest BCUT2D eigenvalue weighted by Crippen LogP contribution is -1.96. The SMILES string of the molecule is Cc1ccn2c(N=Nc3ccc(Cl)cc3Cl)c(C(=O)O)nc2c1. The number of aryl methyl sites for hydroxylation is 1. The Kier molecular flexibility index (Phi) is 4.02. The molecule has 0 radical (unpaired) electrons. The number of azo groups is 1. The minimum absolute atomic E-state index is 0.124. The first-order valence-electron chi connectivity index (χ1n) is 6.54. The molecule has 0 aliphatic heterocycles. The summed E-state index contributed by atoms with van der Waals surface area (Å²) in [5, 5.41) is 18.1. The first-order valence-corrected chi connectivity index (χ1v) is 7.30. The van der Waals surface area contributed by atoms with E-state index in [9.17, 15) is 9.90 Å². The van der Waals surface area contributed by atoms with E-state index in [1.807, 2.05) is 13.0 Å². The smallest absolute Gasteiger partial charge is 0.358 e. The first kappa shape index (κ1) is 15.5. The summed E-state index contributed by atoms with van der Waals surface area (Å²) in [6, 6.07) is 8.35. The molecule has 0 atom stereocenters. The van der Waals surface area contributed by atoms with Gasteiger partial charge in [-0.3, -0.25) is 4.40 Å². The van der Waals surface area contributed by atoms with Crippen LogP contribution in [0.2, 0.25) is 10.0 Å². The van der Waals surface area contributed by atoms with Crippen molar-refractivity contribution in [1.29, 1.82) is 0 Å². The summed E-state index contributed by atoms with van der Waals surface area (Å²) in [5.74, 6) is -1.05. The minimum Gasteiger partial charge on any atom is -0.476 e. The Hall–Kier alpha value is -2.44. The van der Waals surface area contributed by atoms with Gasteiger partial charge in [0.15, 0.2) is 11.5 Å². The molecule has 1 N–H and O–H groups in total. The van der Waals surface area contributed by atoms with Crippen LogP contribution in [-0.4, -0.2) is 20.5 Å². The Bertz CT molecular complexity index is 950. The summed E-state index contributed by atoms with van der Waals surface area (Å²) >= 11 is 11.9. The summed E-state index contributed by atoms with van der Waals surface area (Å²) < 4.78 is 1.56. The Morgan fingerprint density at radius 3 is 2.70 bits per heavy atom. The van der Waals surface area contributed by atoms with Gasteiger partial charge in [0.2, 0.25) is 0 Å². The number of carbonyl (C=O) groups is 1. The number of aromatic carboxylic acids is 1. The summed E-state index contributed by atoms with van der Waals surface area (Å²) in [5.41, 5.74) is 1.65. The minimum atomic E-state index is -1.18. The largest absolute Gasteiger partial charge is 0.476 e. The van der Waals surface area contributed by atoms with E-state index in [1.54, 1.807) is 28.8 Å². The lowest BCUT2D eigenvalue weighted by molar-refractivity contribution is 0.0692. The number of fused-ring (bicyclic) bond motifs is 1. The highest BCUT2D eigenvalue weighted by atomic mass is 35.5. The van der Waals surface area contributed by atoms with Gasteiger partial charge < -0.3 is 5.11 Å². The third-order valence-electron chi connectivity index (χ3n) is 3.12. The number of pyridine rings is 1. The first-order chi connectivity index (χ1) is 11.0. The van der Waals surface area contributed by atoms with E-state index in [-0.39, 0.29) is 11.5 Å². The Balaban J connectivity index is 2.13. The molecule has 3 aromatic rings. The van der Waals surface area contributed by atoms with E-state index in [0.717, 1.165) is 5.56 Å². The number of carboxylic acids is 1. The third-order valence-corrected chi connectivity index (χ3v) is 3.66. The second kappa shape index (κ2) is 5.98. The van der Waals surface area contributed by atoms with Crippen molar-refractivity contribution in [2.45, 2.75) is 6.92 Å². The number of aromatic nitrogens is 2. The molecule has 1 aromatic carbocycles. The normalized spacial score (nSPS) is 11.4. The highest BCUT2D eigenvalue weighted by molar-refractivity contribution is 6.36. The van der Waals surface area contributed by atoms with Crippen LogP contribution in [0.25, 0.3) is 5.65 Å². The molecule has 116 valence electrons. The van der Waals surface area contributed by atoms with Crippen LogP contribution in [0.1, 0.15) is 16.1 Å². The second-order valence-electron chi connectivity index (χ2n) is 4.82. The van der Waals surface area contributed by atoms with Crippen LogP contribution in [0.4, 0.5) is 11.5 Å². The molecule has 3 rings (SSSR count). The average molecular weight is 349 g/mol. The molecule has 0 saturated carbocycles. The quantitative estimate of drug-likeness (QED) is 0.671. The fourth-order valence-electron chi connectivity index (χ4n) is 2.04. The van der Waals surface area contributed by atoms with Crippen LogP contribution in [0.3, 0.4) is 0 Å². The van der Waals surface area contributed by atoms with E-state index < -0.39 is 5.97 Å². The maximum Gasteiger partial charge on any atom is 0.358 e. The van der Waals surface area contributed by atoms with Gasteiger partial charge in [-0.15, -0.1) is 10.2 Å². The van der Waals surface area contributed by atoms with Crippen molar-refractivity contribution in [2.24, 2.45) is 10.2 Å². The molecule has 8 heteroatoms. The van der Waals surface area contributed by atoms with Gasteiger partial charge in [0.05, 0.1) is 5.02 Å². The molecule has 0 spiro atoms. The molecule has 0 amide bonds. The fourth-order valence-corrected chi connectivity index (χ4v) is 2.48. The number of halogens is 2. The standard InChI is InChI=1S/C15H10Cl2N4O2/c1-8-4-5-21-12(6-8)18-13(15(22)23)14(21)20-19-11-3-2-9(16)7-10(11)17/h2-7H,1H3,(H,22,23). The van der Waals surface area contributed by atoms with Gasteiger partial charge in [-0.25, -0.2) is 9.78 Å². The molecule has 0 fully saturated rings. The number of hydrogen-bond acceptors (Lipinski definition) is 4. The maximum atomic E-state index is 11.4. The van der Waals surface area contributed by atoms with E-state index in [2.05, 4.69) is 15.2 Å². The predicted molar refractivity (Wildman–Crippen MR) is 87.5 cm³/mol. The average Bonchev–Trinajstić information content (AvgIpc) is 2.84. The molecule has 0 saturated heterocycles. The van der Waals surface area contributed by atoms with Crippen LogP contribution in [0.5, 0.6) is 0 Å². The second-order valence-corrected chi connectivity index (χ2v) is 5.66. The van der Waals surface area contributed by atoms with Gasteiger partial charge in [-0.05, 0) is 42.8 Å². The summed E-state index contributed by atoms with van der Waals surface area (Å²) in [7, 11) is 0. The number of nitrogens with zero attached hydrogens (tertiary/aromatic N) is 4. The van der Waals surface area contributed by atoms with Gasteiger partial charge in [0, 0.05) is 11.2 Å². The van der Waals surface area contributed by atoms with E-state index >= 15 is 0 Å². The molecule has 0 aliphatic rings. The Morgan fingerprint density at radius 2 is 2.00 bits per heavy atom. The fraction of sp³-hybridized carbons (Fsp3) is 0.0667. The van der Waals surface area contributed by atoms with Gasteiger partial charge in [-0.2, -0.15) is 0 Å². The van der Waals surface area contributed by atoms with Gasteiger partial charge in [0.1, 0.15) is 11.3 Å². The van der Waals surface area contributed by atoms with Crippen molar-refractivity contribution in [2.75, 3.05) is 0 Å². The zero-order valence-electron chi connectivity index (χ0n) is 11.9. The molecule has 0 unspecified atom stereocenters. The lowest BCUT2D eigenvalue weighted by Gasteiger charge is -1.99. The molecule has 2 heterocycles. The zero-order valence-corrected chi connectivity index (χ0v) is 13.4. The van der Waals surface area contributed by atoms with Crippen molar-refractivity contribution in [1.82, 2.24) is 9.38 Å². The topological polar surface area (TPSA) is 79.3 Å². The van der Waals surface area contributed by atoms with E-state index in [4.69, 9.17) is 23.2 Å². The number of rotatable bonds is 3. The van der Waals surface area contributed by atoms with Crippen molar-refractivity contribution in [3.05, 3.63) is 57.8 Å². The van der Waals surface area contributed by atoms with E-state index in [1.165, 1.54) is 6.07 Å². The number of hydrogen-bond donors (Lipinski definition) is 1. The number of carboxylic acid groups (broad SMARTS) is 1. The van der Waals surface area contributed by atoms with Crippen LogP contribution in [0.15, 0.2) is 46.8 Å². The monoisotopic (exact) mass is 348 g/mol. The highest BCUT2D eigenvalue weighted by Crippen LogP contribution is 2.30. The van der Waals surface area contributed by atoms with Crippen molar-refractivity contribution < 1.29 is 9.90 Å². The molecule has 0 bridgehead atoms. The van der Waals surface area contributed by atoms with Crippen molar-refractivity contribution >= 4 is 46.3 Å². The molecule has 0 aliphatic carbocycles. The molecule has 6 nitrogen and oxygen atoms in total. The molecule has 23 heavy (non-hydrogen) atoms.